The van der Waals surface area contributed by atoms with Gasteiger partial charge in [0.2, 0.25) is 0 Å². The van der Waals surface area contributed by atoms with Gasteiger partial charge in [-0.25, -0.2) is 4.79 Å². The monoisotopic (exact) mass is 254 g/mol. The number of rotatable bonds is 6. The van der Waals surface area contributed by atoms with Gasteiger partial charge in [0.1, 0.15) is 11.4 Å². The Labute approximate surface area is 108 Å². The number of nitrogens with one attached hydrogen (secondary N) is 2. The smallest absolute Gasteiger partial charge is 0.407 e. The molecule has 0 atom stereocenters. The Morgan fingerprint density at radius 3 is 2.72 bits per heavy atom. The van der Waals surface area contributed by atoms with Gasteiger partial charge < -0.3 is 19.8 Å². The second kappa shape index (κ2) is 7.06. The molecular weight excluding hydrogens is 232 g/mol. The number of ether oxygens (including phenoxy) is 1. The first-order chi connectivity index (χ1) is 8.47. The summed E-state index contributed by atoms with van der Waals surface area (Å²) < 4.78 is 10.3. The molecule has 5 heteroatoms. The highest BCUT2D eigenvalue weighted by Gasteiger charge is 2.15. The summed E-state index contributed by atoms with van der Waals surface area (Å²) in [5.74, 6) is 0.961. The fourth-order valence-corrected chi connectivity index (χ4v) is 1.36. The van der Waals surface area contributed by atoms with Crippen LogP contribution in [0.3, 0.4) is 0 Å². The molecule has 18 heavy (non-hydrogen) atoms. The summed E-state index contributed by atoms with van der Waals surface area (Å²) in [7, 11) is 0. The Morgan fingerprint density at radius 2 is 2.11 bits per heavy atom. The zero-order valence-corrected chi connectivity index (χ0v) is 11.3. The Balaban J connectivity index is 1.97. The fourth-order valence-electron chi connectivity index (χ4n) is 1.36. The van der Waals surface area contributed by atoms with E-state index in [1.165, 1.54) is 0 Å². The normalized spacial score (nSPS) is 11.3. The second-order valence-electron chi connectivity index (χ2n) is 5.01. The predicted octanol–water partition coefficient (Wildman–Crippen LogP) is 1.94. The lowest BCUT2D eigenvalue weighted by Gasteiger charge is -2.19. The molecule has 0 aliphatic heterocycles. The largest absolute Gasteiger partial charge is 0.469 e. The van der Waals surface area contributed by atoms with Crippen LogP contribution in [-0.2, 0) is 11.2 Å². The highest BCUT2D eigenvalue weighted by molar-refractivity contribution is 5.67. The van der Waals surface area contributed by atoms with Crippen molar-refractivity contribution in [1.82, 2.24) is 10.6 Å². The molecule has 0 aromatic carbocycles. The molecule has 0 radical (unpaired) electrons. The molecule has 102 valence electrons. The highest BCUT2D eigenvalue weighted by Crippen LogP contribution is 2.05. The third kappa shape index (κ3) is 6.96. The molecular formula is C13H22N2O3. The van der Waals surface area contributed by atoms with Gasteiger partial charge in [-0.15, -0.1) is 0 Å². The van der Waals surface area contributed by atoms with Gasteiger partial charge in [-0.2, -0.15) is 0 Å². The van der Waals surface area contributed by atoms with Crippen LogP contribution in [0.25, 0.3) is 0 Å². The topological polar surface area (TPSA) is 63.5 Å². The molecule has 0 saturated carbocycles. The average Bonchev–Trinajstić information content (AvgIpc) is 2.73. The number of amides is 1. The van der Waals surface area contributed by atoms with Gasteiger partial charge in [0, 0.05) is 26.1 Å². The molecule has 0 aliphatic rings. The van der Waals surface area contributed by atoms with Gasteiger partial charge in [0.15, 0.2) is 0 Å². The van der Waals surface area contributed by atoms with Crippen molar-refractivity contribution in [2.24, 2.45) is 0 Å². The average molecular weight is 254 g/mol. The minimum absolute atomic E-state index is 0.379. The van der Waals surface area contributed by atoms with E-state index >= 15 is 0 Å². The quantitative estimate of drug-likeness (QED) is 0.761. The maximum atomic E-state index is 11.3. The van der Waals surface area contributed by atoms with Crippen molar-refractivity contribution in [2.45, 2.75) is 32.8 Å². The molecule has 0 fully saturated rings. The first-order valence-corrected chi connectivity index (χ1v) is 6.17. The molecule has 0 spiro atoms. The molecule has 0 aliphatic carbocycles. The molecule has 1 amide bonds. The van der Waals surface area contributed by atoms with E-state index < -0.39 is 5.60 Å². The summed E-state index contributed by atoms with van der Waals surface area (Å²) >= 11 is 0. The molecule has 2 N–H and O–H groups in total. The van der Waals surface area contributed by atoms with Gasteiger partial charge in [-0.3, -0.25) is 0 Å². The van der Waals surface area contributed by atoms with Gasteiger partial charge in [0.25, 0.3) is 0 Å². The van der Waals surface area contributed by atoms with Crippen LogP contribution in [0.15, 0.2) is 22.8 Å². The zero-order valence-electron chi connectivity index (χ0n) is 11.3. The van der Waals surface area contributed by atoms with E-state index in [0.29, 0.717) is 13.1 Å². The van der Waals surface area contributed by atoms with E-state index in [0.717, 1.165) is 18.7 Å². The maximum Gasteiger partial charge on any atom is 0.407 e. The lowest BCUT2D eigenvalue weighted by Crippen LogP contribution is -2.36. The minimum Gasteiger partial charge on any atom is -0.469 e. The summed E-state index contributed by atoms with van der Waals surface area (Å²) in [6, 6.07) is 3.82. The van der Waals surface area contributed by atoms with Crippen molar-refractivity contribution in [3.8, 4) is 0 Å². The van der Waals surface area contributed by atoms with Gasteiger partial charge in [-0.05, 0) is 32.9 Å². The number of furan rings is 1. The number of hydrogen-bond donors (Lipinski definition) is 2. The van der Waals surface area contributed by atoms with E-state index in [-0.39, 0.29) is 6.09 Å². The van der Waals surface area contributed by atoms with E-state index in [4.69, 9.17) is 9.15 Å². The SMILES string of the molecule is CC(C)(C)OC(=O)NCCNCCc1ccco1. The molecule has 0 bridgehead atoms. The van der Waals surface area contributed by atoms with E-state index in [9.17, 15) is 4.79 Å². The number of hydrogen-bond acceptors (Lipinski definition) is 4. The molecule has 1 aromatic rings. The Morgan fingerprint density at radius 1 is 1.33 bits per heavy atom. The lowest BCUT2D eigenvalue weighted by molar-refractivity contribution is 0.0528. The van der Waals surface area contributed by atoms with Crippen LogP contribution in [0.5, 0.6) is 0 Å². The van der Waals surface area contributed by atoms with Crippen LogP contribution in [-0.4, -0.2) is 31.3 Å². The van der Waals surface area contributed by atoms with Crippen molar-refractivity contribution < 1.29 is 13.9 Å². The first kappa shape index (κ1) is 14.6. The van der Waals surface area contributed by atoms with E-state index in [2.05, 4.69) is 10.6 Å². The van der Waals surface area contributed by atoms with Gasteiger partial charge in [0.05, 0.1) is 6.26 Å². The third-order valence-corrected chi connectivity index (χ3v) is 2.10. The maximum absolute atomic E-state index is 11.3. The van der Waals surface area contributed by atoms with Crippen molar-refractivity contribution in [2.75, 3.05) is 19.6 Å². The molecule has 1 rings (SSSR count). The number of carbonyl (C=O) groups excluding carboxylic acids is 1. The minimum atomic E-state index is -0.448. The second-order valence-corrected chi connectivity index (χ2v) is 5.01. The Bertz CT molecular complexity index is 342. The standard InChI is InChI=1S/C13H22N2O3/c1-13(2,3)18-12(16)15-9-8-14-7-6-11-5-4-10-17-11/h4-5,10,14H,6-9H2,1-3H3,(H,15,16). The van der Waals surface area contributed by atoms with Crippen LogP contribution < -0.4 is 10.6 Å². The van der Waals surface area contributed by atoms with Crippen molar-refractivity contribution in [3.63, 3.8) is 0 Å². The predicted molar refractivity (Wildman–Crippen MR) is 69.5 cm³/mol. The number of alkyl carbamates (subject to hydrolysis) is 1. The van der Waals surface area contributed by atoms with Crippen LogP contribution in [0, 0.1) is 0 Å². The highest BCUT2D eigenvalue weighted by atomic mass is 16.6. The van der Waals surface area contributed by atoms with Crippen LogP contribution in [0.4, 0.5) is 4.79 Å². The Kier molecular flexibility index (Phi) is 5.71. The van der Waals surface area contributed by atoms with Gasteiger partial charge in [-0.1, -0.05) is 0 Å². The van der Waals surface area contributed by atoms with E-state index in [1.54, 1.807) is 6.26 Å². The molecule has 0 unspecified atom stereocenters. The van der Waals surface area contributed by atoms with Crippen LogP contribution in [0.1, 0.15) is 26.5 Å². The van der Waals surface area contributed by atoms with Crippen LogP contribution >= 0.6 is 0 Å². The van der Waals surface area contributed by atoms with Crippen molar-refractivity contribution in [1.29, 1.82) is 0 Å². The van der Waals surface area contributed by atoms with E-state index in [1.807, 2.05) is 32.9 Å². The zero-order chi connectivity index (χ0) is 13.4. The van der Waals surface area contributed by atoms with Crippen molar-refractivity contribution in [3.05, 3.63) is 24.2 Å². The summed E-state index contributed by atoms with van der Waals surface area (Å²) in [4.78, 5) is 11.3. The summed E-state index contributed by atoms with van der Waals surface area (Å²) in [5.41, 5.74) is -0.448. The van der Waals surface area contributed by atoms with Crippen LogP contribution in [0.2, 0.25) is 0 Å². The molecule has 5 nitrogen and oxygen atoms in total. The summed E-state index contributed by atoms with van der Waals surface area (Å²) in [6.45, 7) is 7.60. The molecule has 1 heterocycles. The van der Waals surface area contributed by atoms with Crippen molar-refractivity contribution >= 4 is 6.09 Å². The molecule has 0 saturated heterocycles. The lowest BCUT2D eigenvalue weighted by atomic mass is 10.2. The van der Waals surface area contributed by atoms with Gasteiger partial charge >= 0.3 is 6.09 Å². The fraction of sp³-hybridized carbons (Fsp3) is 0.615. The molecule has 1 aromatic heterocycles. The number of carbonyl (C=O) groups is 1. The summed E-state index contributed by atoms with van der Waals surface area (Å²) in [5, 5.41) is 5.90. The Hall–Kier alpha value is -1.49. The summed E-state index contributed by atoms with van der Waals surface area (Å²) in [6.07, 6.45) is 2.13. The first-order valence-electron chi connectivity index (χ1n) is 6.17. The third-order valence-electron chi connectivity index (χ3n) is 2.10.